The first-order valence-electron chi connectivity index (χ1n) is 12.2. The average Bonchev–Trinajstić information content (AvgIpc) is 3.43. The molecule has 0 aliphatic rings. The third-order valence-electron chi connectivity index (χ3n) is 6.00. The van der Waals surface area contributed by atoms with Crippen LogP contribution in [0.1, 0.15) is 24.3 Å². The van der Waals surface area contributed by atoms with E-state index < -0.39 is 28.3 Å². The van der Waals surface area contributed by atoms with Gasteiger partial charge < -0.3 is 19.5 Å². The summed E-state index contributed by atoms with van der Waals surface area (Å²) in [5.41, 5.74) is 2.55. The summed E-state index contributed by atoms with van der Waals surface area (Å²) < 4.78 is 39.0. The molecule has 3 rings (SSSR count). The summed E-state index contributed by atoms with van der Waals surface area (Å²) in [5.74, 6) is 0.547. The van der Waals surface area contributed by atoms with Crippen LogP contribution >= 0.6 is 11.3 Å². The van der Waals surface area contributed by atoms with Crippen molar-refractivity contribution in [1.82, 2.24) is 14.2 Å². The monoisotopic (exact) mass is 561 g/mol. The Kier molecular flexibility index (Phi) is 10.7. The number of aromatic nitrogens is 1. The van der Waals surface area contributed by atoms with Crippen molar-refractivity contribution in [1.29, 1.82) is 0 Å². The highest BCUT2D eigenvalue weighted by molar-refractivity contribution is 7.89. The summed E-state index contributed by atoms with van der Waals surface area (Å²) >= 11 is 1.37. The van der Waals surface area contributed by atoms with Crippen molar-refractivity contribution >= 4 is 27.5 Å². The van der Waals surface area contributed by atoms with Crippen molar-refractivity contribution in [2.45, 2.75) is 43.9 Å². The molecule has 2 aromatic carbocycles. The molecule has 0 radical (unpaired) electrons. The topological polar surface area (TPSA) is 109 Å². The molecule has 206 valence electrons. The molecule has 38 heavy (non-hydrogen) atoms. The number of hydrogen-bond donors (Lipinski definition) is 1. The van der Waals surface area contributed by atoms with E-state index in [0.717, 1.165) is 10.4 Å². The minimum atomic E-state index is -3.93. The van der Waals surface area contributed by atoms with Crippen LogP contribution in [-0.4, -0.2) is 73.2 Å². The molecule has 0 aliphatic carbocycles. The molecule has 11 heteroatoms. The Morgan fingerprint density at radius 1 is 1.08 bits per heavy atom. The molecule has 1 N–H and O–H groups in total. The number of nitrogens with zero attached hydrogens (tertiary/aromatic N) is 3. The number of ether oxygens (including phenoxy) is 2. The first-order valence-corrected chi connectivity index (χ1v) is 14.6. The van der Waals surface area contributed by atoms with Gasteiger partial charge in [-0.3, -0.25) is 4.98 Å². The first-order chi connectivity index (χ1) is 18.1. The van der Waals surface area contributed by atoms with Gasteiger partial charge in [-0.25, -0.2) is 13.2 Å². The quantitative estimate of drug-likeness (QED) is 0.335. The zero-order valence-corrected chi connectivity index (χ0v) is 23.7. The number of amides is 1. The summed E-state index contributed by atoms with van der Waals surface area (Å²) in [6.45, 7) is 3.88. The molecule has 0 saturated carbocycles. The van der Waals surface area contributed by atoms with E-state index in [1.165, 1.54) is 39.8 Å². The highest BCUT2D eigenvalue weighted by Crippen LogP contribution is 2.23. The lowest BCUT2D eigenvalue weighted by Crippen LogP contribution is -2.51. The Morgan fingerprint density at radius 2 is 1.76 bits per heavy atom. The van der Waals surface area contributed by atoms with Crippen molar-refractivity contribution in [3.05, 3.63) is 76.7 Å². The fourth-order valence-electron chi connectivity index (χ4n) is 3.98. The van der Waals surface area contributed by atoms with Gasteiger partial charge in [-0.2, -0.15) is 4.31 Å². The molecule has 3 aromatic rings. The average molecular weight is 562 g/mol. The molecule has 0 unspecified atom stereocenters. The van der Waals surface area contributed by atoms with Crippen LogP contribution in [0.25, 0.3) is 0 Å². The van der Waals surface area contributed by atoms with Crippen molar-refractivity contribution in [2.24, 2.45) is 5.92 Å². The molecule has 0 saturated heterocycles. The van der Waals surface area contributed by atoms with Crippen LogP contribution in [0.15, 0.2) is 71.2 Å². The van der Waals surface area contributed by atoms with E-state index in [4.69, 9.17) is 9.47 Å². The molecule has 0 aliphatic heterocycles. The van der Waals surface area contributed by atoms with Crippen molar-refractivity contribution in [3.63, 3.8) is 0 Å². The highest BCUT2D eigenvalue weighted by Gasteiger charge is 2.34. The zero-order chi connectivity index (χ0) is 27.7. The molecule has 0 fully saturated rings. The van der Waals surface area contributed by atoms with Crippen LogP contribution < -0.4 is 4.74 Å². The number of carbonyl (C=O) groups excluding carboxylic acids is 1. The molecule has 1 heterocycles. The van der Waals surface area contributed by atoms with Crippen LogP contribution in [0, 0.1) is 5.92 Å². The minimum absolute atomic E-state index is 0.00453. The van der Waals surface area contributed by atoms with Crippen molar-refractivity contribution < 1.29 is 27.8 Å². The number of rotatable bonds is 13. The SMILES string of the molecule is COc1ccc(S(=O)(=O)N(CC(C)C)C[C@@H](O)[C@H](Cc2ccccc2)N(C)C(=O)OCc2cncs2)cc1. The molecular weight excluding hydrogens is 526 g/mol. The first kappa shape index (κ1) is 29.6. The molecule has 1 aromatic heterocycles. The maximum atomic E-state index is 13.6. The van der Waals surface area contributed by atoms with Crippen molar-refractivity contribution in [2.75, 3.05) is 27.2 Å². The second-order valence-electron chi connectivity index (χ2n) is 9.35. The van der Waals surface area contributed by atoms with Gasteiger partial charge in [0.1, 0.15) is 12.4 Å². The Labute approximate surface area is 228 Å². The largest absolute Gasteiger partial charge is 0.497 e. The summed E-state index contributed by atoms with van der Waals surface area (Å²) in [5, 5.41) is 11.4. The van der Waals surface area contributed by atoms with Crippen LogP contribution in [0.2, 0.25) is 0 Å². The van der Waals surface area contributed by atoms with E-state index in [9.17, 15) is 18.3 Å². The van der Waals surface area contributed by atoms with Gasteiger partial charge in [0, 0.05) is 26.3 Å². The van der Waals surface area contributed by atoms with Gasteiger partial charge in [-0.05, 0) is 42.2 Å². The fourth-order valence-corrected chi connectivity index (χ4v) is 6.10. The molecule has 0 bridgehead atoms. The smallest absolute Gasteiger partial charge is 0.410 e. The van der Waals surface area contributed by atoms with Crippen LogP contribution in [0.3, 0.4) is 0 Å². The number of hydrogen-bond acceptors (Lipinski definition) is 8. The van der Waals surface area contributed by atoms with Crippen LogP contribution in [-0.2, 0) is 27.8 Å². The van der Waals surface area contributed by atoms with Gasteiger partial charge >= 0.3 is 6.09 Å². The number of thiazole rings is 1. The van der Waals surface area contributed by atoms with Gasteiger partial charge in [0.15, 0.2) is 0 Å². The van der Waals surface area contributed by atoms with Crippen molar-refractivity contribution in [3.8, 4) is 5.75 Å². The standard InChI is InChI=1S/C27H35N3O6S2/c1-20(2)16-30(38(33,34)24-12-10-22(35-4)11-13-24)17-26(31)25(14-21-8-6-5-7-9-21)29(3)27(32)36-18-23-15-28-19-37-23/h5-13,15,19-20,25-26,31H,14,16-18H2,1-4H3/t25-,26+/m0/s1. The Bertz CT molecular complexity index is 1240. The molecule has 2 atom stereocenters. The number of sulfonamides is 1. The maximum absolute atomic E-state index is 13.6. The number of aliphatic hydroxyl groups is 1. The lowest BCUT2D eigenvalue weighted by Gasteiger charge is -2.34. The molecule has 0 spiro atoms. The number of aliphatic hydroxyl groups excluding tert-OH is 1. The van der Waals surface area contributed by atoms with E-state index in [0.29, 0.717) is 12.2 Å². The van der Waals surface area contributed by atoms with Gasteiger partial charge in [0.2, 0.25) is 10.0 Å². The number of carbonyl (C=O) groups is 1. The number of methoxy groups -OCH3 is 1. The van der Waals surface area contributed by atoms with Crippen LogP contribution in [0.5, 0.6) is 5.75 Å². The third kappa shape index (κ3) is 8.00. The Balaban J connectivity index is 1.85. The Hall–Kier alpha value is -2.99. The molecule has 1 amide bonds. The lowest BCUT2D eigenvalue weighted by molar-refractivity contribution is 0.0335. The lowest BCUT2D eigenvalue weighted by atomic mass is 10.00. The van der Waals surface area contributed by atoms with Crippen LogP contribution in [0.4, 0.5) is 4.79 Å². The maximum Gasteiger partial charge on any atom is 0.410 e. The van der Waals surface area contributed by atoms with E-state index in [1.807, 2.05) is 44.2 Å². The van der Waals surface area contributed by atoms with Gasteiger partial charge in [-0.15, -0.1) is 11.3 Å². The number of benzene rings is 2. The highest BCUT2D eigenvalue weighted by atomic mass is 32.2. The van der Waals surface area contributed by atoms with Gasteiger partial charge in [0.25, 0.3) is 0 Å². The summed E-state index contributed by atoms with van der Waals surface area (Å²) in [6, 6.07) is 14.8. The fraction of sp³-hybridized carbons (Fsp3) is 0.407. The molecular formula is C27H35N3O6S2. The van der Waals surface area contributed by atoms with E-state index >= 15 is 0 Å². The third-order valence-corrected chi connectivity index (χ3v) is 8.59. The normalized spacial score (nSPS) is 13.3. The van der Waals surface area contributed by atoms with Gasteiger partial charge in [-0.1, -0.05) is 44.2 Å². The summed E-state index contributed by atoms with van der Waals surface area (Å²) in [4.78, 5) is 19.2. The number of likely N-dealkylation sites (N-methyl/N-ethyl adjacent to an activating group) is 1. The Morgan fingerprint density at radius 3 is 2.34 bits per heavy atom. The minimum Gasteiger partial charge on any atom is -0.497 e. The predicted molar refractivity (Wildman–Crippen MR) is 147 cm³/mol. The molecule has 9 nitrogen and oxygen atoms in total. The van der Waals surface area contributed by atoms with E-state index in [1.54, 1.807) is 30.9 Å². The second-order valence-corrected chi connectivity index (χ2v) is 12.3. The predicted octanol–water partition coefficient (Wildman–Crippen LogP) is 4.04. The van der Waals surface area contributed by atoms with E-state index in [-0.39, 0.29) is 30.5 Å². The summed E-state index contributed by atoms with van der Waals surface area (Å²) in [7, 11) is -0.868. The summed E-state index contributed by atoms with van der Waals surface area (Å²) in [6.07, 6.45) is 0.128. The van der Waals surface area contributed by atoms with Gasteiger partial charge in [0.05, 0.1) is 34.5 Å². The van der Waals surface area contributed by atoms with E-state index in [2.05, 4.69) is 4.98 Å². The second kappa shape index (κ2) is 13.7. The zero-order valence-electron chi connectivity index (χ0n) is 22.1.